The van der Waals surface area contributed by atoms with Gasteiger partial charge in [-0.15, -0.1) is 0 Å². The van der Waals surface area contributed by atoms with Gasteiger partial charge in [0.25, 0.3) is 0 Å². The Kier molecular flexibility index (Phi) is 134. The van der Waals surface area contributed by atoms with E-state index in [2.05, 4.69) is 6.92 Å². The van der Waals surface area contributed by atoms with Crippen LogP contribution in [0.15, 0.2) is 0 Å². The minimum absolute atomic E-state index is 0. The van der Waals surface area contributed by atoms with E-state index in [-0.39, 0.29) is 19.5 Å². The van der Waals surface area contributed by atoms with Gasteiger partial charge in [-0.3, -0.25) is 0 Å². The molecule has 0 aliphatic heterocycles. The van der Waals surface area contributed by atoms with Gasteiger partial charge in [-0.25, -0.2) is 0 Å². The normalized spacial score (nSPS) is 4.00. The summed E-state index contributed by atoms with van der Waals surface area (Å²) in [6.07, 6.45) is 0. The van der Waals surface area contributed by atoms with Crippen molar-refractivity contribution in [2.24, 2.45) is 0 Å². The molecule has 0 aromatic carbocycles. The Labute approximate surface area is 49.7 Å². The van der Waals surface area contributed by atoms with Gasteiger partial charge in [-0.05, 0) is 6.93 Å². The summed E-state index contributed by atoms with van der Waals surface area (Å²) in [5, 5.41) is 0. The van der Waals surface area contributed by atoms with E-state index >= 15 is 0 Å². The SMILES string of the molecule is F[CH-]F.[CH2-]C.[Zn+2]. The van der Waals surface area contributed by atoms with E-state index in [0.717, 1.165) is 0 Å². The Morgan fingerprint density at radius 1 is 1.33 bits per heavy atom. The Hall–Kier alpha value is 0.483. The first kappa shape index (κ1) is 16.1. The average molecular weight is 145 g/mol. The van der Waals surface area contributed by atoms with Crippen LogP contribution in [0.25, 0.3) is 0 Å². The van der Waals surface area contributed by atoms with Gasteiger partial charge in [0.1, 0.15) is 0 Å². The van der Waals surface area contributed by atoms with E-state index in [4.69, 9.17) is 0 Å². The largest absolute Gasteiger partial charge is 2.00 e. The van der Waals surface area contributed by atoms with Crippen molar-refractivity contribution in [3.63, 3.8) is 0 Å². The van der Waals surface area contributed by atoms with Crippen molar-refractivity contribution in [1.29, 1.82) is 0 Å². The fourth-order valence-corrected chi connectivity index (χ4v) is 0. The molecule has 0 aromatic rings. The van der Waals surface area contributed by atoms with Crippen LogP contribution in [0.2, 0.25) is 0 Å². The zero-order valence-corrected chi connectivity index (χ0v) is 6.71. The molecule has 3 heteroatoms. The van der Waals surface area contributed by atoms with Crippen LogP contribution in [-0.4, -0.2) is 0 Å². The summed E-state index contributed by atoms with van der Waals surface area (Å²) >= 11 is 0. The summed E-state index contributed by atoms with van der Waals surface area (Å²) in [7, 11) is 0. The van der Waals surface area contributed by atoms with Crippen molar-refractivity contribution in [2.75, 3.05) is 0 Å². The summed E-state index contributed by atoms with van der Waals surface area (Å²) in [5.41, 5.74) is 0. The molecule has 0 atom stereocenters. The summed E-state index contributed by atoms with van der Waals surface area (Å²) in [6, 6.07) is 0. The first-order valence-electron chi connectivity index (χ1n) is 1.14. The summed E-state index contributed by atoms with van der Waals surface area (Å²) in [5.74, 6) is 0. The summed E-state index contributed by atoms with van der Waals surface area (Å²) in [6.45, 7) is 4.00. The molecule has 0 nitrogen and oxygen atoms in total. The molecule has 0 bridgehead atoms. The third-order valence-corrected chi connectivity index (χ3v) is 0. The topological polar surface area (TPSA) is 0 Å². The molecule has 0 aromatic heterocycles. The molecular formula is C3H6F2Zn. The predicted octanol–water partition coefficient (Wildman–Crippen LogP) is 1.88. The second kappa shape index (κ2) is 50.1. The summed E-state index contributed by atoms with van der Waals surface area (Å²) < 4.78 is 19.0. The third kappa shape index (κ3) is 233. The van der Waals surface area contributed by atoms with Gasteiger partial charge in [0, 0.05) is 0 Å². The molecule has 0 radical (unpaired) electrons. The Morgan fingerprint density at radius 3 is 1.33 bits per heavy atom. The number of hydrogen-bond acceptors (Lipinski definition) is 0. The van der Waals surface area contributed by atoms with Gasteiger partial charge in [0.05, 0.1) is 0 Å². The van der Waals surface area contributed by atoms with Crippen LogP contribution in [0.1, 0.15) is 6.92 Å². The standard InChI is InChI=1S/C2H5.CHF2.Zn/c1-2;2-1-3;/h1H2,2H3;1H;/q2*-1;+2. The second-order valence-corrected chi connectivity index (χ2v) is 0.0825. The van der Waals surface area contributed by atoms with Crippen molar-refractivity contribution in [3.05, 3.63) is 13.9 Å². The van der Waals surface area contributed by atoms with Crippen molar-refractivity contribution in [1.82, 2.24) is 0 Å². The van der Waals surface area contributed by atoms with E-state index in [0.29, 0.717) is 0 Å². The first-order valence-corrected chi connectivity index (χ1v) is 1.14. The van der Waals surface area contributed by atoms with Crippen LogP contribution >= 0.6 is 0 Å². The zero-order chi connectivity index (χ0) is 4.71. The molecule has 0 N–H and O–H groups in total. The molecule has 0 spiro atoms. The Bertz CT molecular complexity index is 8.75. The van der Waals surface area contributed by atoms with Crippen LogP contribution in [-0.2, 0) is 19.5 Å². The fourth-order valence-electron chi connectivity index (χ4n) is 0. The fraction of sp³-hybridized carbons (Fsp3) is 0.333. The van der Waals surface area contributed by atoms with Crippen molar-refractivity contribution < 1.29 is 28.3 Å². The average Bonchev–Trinajstić information content (AvgIpc) is 1.46. The van der Waals surface area contributed by atoms with Crippen LogP contribution in [0.5, 0.6) is 0 Å². The Balaban J connectivity index is -0.0000000275. The molecule has 0 saturated heterocycles. The Morgan fingerprint density at radius 2 is 1.33 bits per heavy atom. The maximum absolute atomic E-state index is 9.50. The molecule has 0 aliphatic carbocycles. The molecule has 0 amide bonds. The van der Waals surface area contributed by atoms with Gasteiger partial charge in [0.2, 0.25) is 0 Å². The van der Waals surface area contributed by atoms with Gasteiger partial charge in [0.15, 0.2) is 0 Å². The molecule has 0 unspecified atom stereocenters. The van der Waals surface area contributed by atoms with Crippen LogP contribution in [0.3, 0.4) is 0 Å². The molecule has 0 aliphatic rings. The van der Waals surface area contributed by atoms with Gasteiger partial charge < -0.3 is 15.7 Å². The predicted molar refractivity (Wildman–Crippen MR) is 17.5 cm³/mol. The minimum Gasteiger partial charge on any atom is -0.425 e. The quantitative estimate of drug-likeness (QED) is 0.361. The second-order valence-electron chi connectivity index (χ2n) is 0.0825. The maximum Gasteiger partial charge on any atom is 2.00 e. The van der Waals surface area contributed by atoms with Gasteiger partial charge in [-0.1, -0.05) is 0 Å². The number of halogens is 2. The number of hydrogen-bond donors (Lipinski definition) is 0. The van der Waals surface area contributed by atoms with Gasteiger partial charge in [-0.2, -0.15) is 6.92 Å². The smallest absolute Gasteiger partial charge is 0.425 e. The first-order chi connectivity index (χ1) is 2.41. The molecule has 0 saturated carbocycles. The van der Waals surface area contributed by atoms with Crippen molar-refractivity contribution in [3.8, 4) is 0 Å². The summed E-state index contributed by atoms with van der Waals surface area (Å²) in [4.78, 5) is 0. The molecule has 0 heterocycles. The maximum atomic E-state index is 9.50. The van der Waals surface area contributed by atoms with Crippen molar-refractivity contribution >= 4 is 0 Å². The zero-order valence-electron chi connectivity index (χ0n) is 3.75. The van der Waals surface area contributed by atoms with E-state index in [1.54, 1.807) is 6.92 Å². The minimum atomic E-state index is -1.00. The molecular weight excluding hydrogens is 139 g/mol. The van der Waals surface area contributed by atoms with E-state index in [1.807, 2.05) is 0 Å². The molecule has 34 valence electrons. The molecule has 6 heavy (non-hydrogen) atoms. The van der Waals surface area contributed by atoms with E-state index in [1.165, 1.54) is 0 Å². The van der Waals surface area contributed by atoms with Crippen LogP contribution in [0, 0.1) is 13.9 Å². The van der Waals surface area contributed by atoms with Gasteiger partial charge >= 0.3 is 19.5 Å². The van der Waals surface area contributed by atoms with E-state index < -0.39 is 6.93 Å². The van der Waals surface area contributed by atoms with E-state index in [9.17, 15) is 8.78 Å². The van der Waals surface area contributed by atoms with Crippen molar-refractivity contribution in [2.45, 2.75) is 6.92 Å². The van der Waals surface area contributed by atoms with Crippen LogP contribution < -0.4 is 0 Å². The molecule has 0 rings (SSSR count). The molecule has 0 fully saturated rings. The monoisotopic (exact) mass is 144 g/mol. The number of rotatable bonds is 0. The third-order valence-electron chi connectivity index (χ3n) is 0. The van der Waals surface area contributed by atoms with Crippen LogP contribution in [0.4, 0.5) is 8.78 Å².